The molecule has 0 saturated heterocycles. The van der Waals surface area contributed by atoms with E-state index in [4.69, 9.17) is 5.11 Å². The van der Waals surface area contributed by atoms with Crippen LogP contribution in [0.25, 0.3) is 0 Å². The lowest BCUT2D eigenvalue weighted by molar-refractivity contribution is 0.318. The van der Waals surface area contributed by atoms with Crippen molar-refractivity contribution in [2.75, 3.05) is 6.61 Å². The molecule has 34 heavy (non-hydrogen) atoms. The second-order valence-corrected chi connectivity index (χ2v) is 5.19. The number of aliphatic hydroxyl groups is 1. The molecule has 0 aliphatic rings. The van der Waals surface area contributed by atoms with E-state index in [1.807, 2.05) is 151 Å². The summed E-state index contributed by atoms with van der Waals surface area (Å²) in [6, 6.07) is 36.0. The minimum Gasteiger partial charge on any atom is -0.397 e. The molecule has 3 aromatic carbocycles. The first-order valence-electron chi connectivity index (χ1n) is 12.9. The van der Waals surface area contributed by atoms with Crippen molar-refractivity contribution in [3.8, 4) is 0 Å². The molecule has 0 amide bonds. The summed E-state index contributed by atoms with van der Waals surface area (Å²) in [6.07, 6.45) is 2.50. The molecule has 0 aromatic heterocycles. The van der Waals surface area contributed by atoms with Crippen LogP contribution in [-0.2, 0) is 0 Å². The lowest BCUT2D eigenvalue weighted by Gasteiger charge is -1.69. The van der Waals surface area contributed by atoms with Crippen LogP contribution in [0.1, 0.15) is 96.4 Å². The van der Waals surface area contributed by atoms with E-state index in [-0.39, 0.29) is 14.0 Å². The lowest BCUT2D eigenvalue weighted by Crippen LogP contribution is -1.57. The van der Waals surface area contributed by atoms with Gasteiger partial charge >= 0.3 is 0 Å². The number of hydrogen-bond donors (Lipinski definition) is 1. The van der Waals surface area contributed by atoms with Gasteiger partial charge in [0.25, 0.3) is 0 Å². The Morgan fingerprint density at radius 3 is 0.382 bits per heavy atom. The smallest absolute Gasteiger partial charge is 0.0402 e. The Bertz CT molecular complexity index is 335. The molecule has 0 radical (unpaired) electrons. The van der Waals surface area contributed by atoms with Crippen molar-refractivity contribution >= 4 is 0 Å². The van der Waals surface area contributed by atoms with Crippen LogP contribution in [0.3, 0.4) is 0 Å². The van der Waals surface area contributed by atoms with Gasteiger partial charge in [-0.2, -0.15) is 0 Å². The summed E-state index contributed by atoms with van der Waals surface area (Å²) in [6.45, 7) is 22.4. The lowest BCUT2D eigenvalue weighted by atomic mass is 10.4. The van der Waals surface area contributed by atoms with Crippen LogP contribution in [0.2, 0.25) is 0 Å². The van der Waals surface area contributed by atoms with E-state index >= 15 is 0 Å². The summed E-state index contributed by atoms with van der Waals surface area (Å²) in [5, 5.41) is 7.57. The fraction of sp³-hybridized carbons (Fsp3) is 0.455. The molecule has 0 atom stereocenters. The van der Waals surface area contributed by atoms with Gasteiger partial charge in [0.2, 0.25) is 0 Å². The van der Waals surface area contributed by atoms with Crippen LogP contribution >= 0.6 is 0 Å². The van der Waals surface area contributed by atoms with Crippen LogP contribution in [0.4, 0.5) is 0 Å². The third-order valence-corrected chi connectivity index (χ3v) is 2.00. The Morgan fingerprint density at radius 2 is 0.353 bits per heavy atom. The van der Waals surface area contributed by atoms with Crippen molar-refractivity contribution in [3.05, 3.63) is 109 Å². The van der Waals surface area contributed by atoms with Crippen LogP contribution in [0.5, 0.6) is 0 Å². The molecule has 0 aliphatic heterocycles. The van der Waals surface area contributed by atoms with E-state index in [0.717, 1.165) is 0 Å². The number of benzene rings is 3. The summed E-state index contributed by atoms with van der Waals surface area (Å²) in [5.41, 5.74) is 0. The predicted molar refractivity (Wildman–Crippen MR) is 165 cm³/mol. The van der Waals surface area contributed by atoms with Gasteiger partial charge in [-0.15, -0.1) is 0 Å². The van der Waals surface area contributed by atoms with Crippen LogP contribution in [0, 0.1) is 0 Å². The van der Waals surface area contributed by atoms with Gasteiger partial charge in [-0.25, -0.2) is 0 Å². The molecule has 0 heterocycles. The molecule has 0 saturated carbocycles. The first-order valence-corrected chi connectivity index (χ1v) is 12.9. The van der Waals surface area contributed by atoms with Gasteiger partial charge in [0.1, 0.15) is 0 Å². The molecular formula is C33H62O. The third-order valence-electron chi connectivity index (χ3n) is 2.00. The number of hydrogen-bond acceptors (Lipinski definition) is 1. The highest BCUT2D eigenvalue weighted by molar-refractivity contribution is 5.00. The molecule has 0 fully saturated rings. The van der Waals surface area contributed by atoms with Gasteiger partial charge in [-0.3, -0.25) is 0 Å². The van der Waals surface area contributed by atoms with Crippen molar-refractivity contribution in [1.29, 1.82) is 0 Å². The maximum absolute atomic E-state index is 7.57. The Morgan fingerprint density at radius 1 is 0.324 bits per heavy atom. The van der Waals surface area contributed by atoms with Gasteiger partial charge < -0.3 is 5.11 Å². The molecule has 1 heteroatoms. The SMILES string of the molecule is C.CC.CC.CC.CCC.CCC.CCO.c1ccccc1.c1ccccc1.c1ccccc1. The minimum atomic E-state index is 0. The highest BCUT2D eigenvalue weighted by Crippen LogP contribution is 1.81. The van der Waals surface area contributed by atoms with Crippen LogP contribution in [0.15, 0.2) is 109 Å². The second kappa shape index (κ2) is 77.5. The molecule has 1 N–H and O–H groups in total. The molecule has 0 aliphatic carbocycles. The molecule has 3 aromatic rings. The Kier molecular flexibility index (Phi) is 111. The molecule has 1 nitrogen and oxygen atoms in total. The fourth-order valence-corrected chi connectivity index (χ4v) is 1.15. The average Bonchev–Trinajstić information content (AvgIpc) is 2.93. The zero-order chi connectivity index (χ0) is 26.8. The van der Waals surface area contributed by atoms with Crippen LogP contribution in [-0.4, -0.2) is 11.7 Å². The van der Waals surface area contributed by atoms with E-state index in [1.54, 1.807) is 6.92 Å². The van der Waals surface area contributed by atoms with Crippen molar-refractivity contribution in [2.24, 2.45) is 0 Å². The van der Waals surface area contributed by atoms with Gasteiger partial charge in [0, 0.05) is 6.61 Å². The Balaban J connectivity index is -0.0000000502. The van der Waals surface area contributed by atoms with E-state index in [2.05, 4.69) is 27.7 Å². The minimum absolute atomic E-state index is 0. The highest BCUT2D eigenvalue weighted by atomic mass is 16.2. The average molecular weight is 475 g/mol. The second-order valence-electron chi connectivity index (χ2n) is 5.19. The van der Waals surface area contributed by atoms with Crippen molar-refractivity contribution in [1.82, 2.24) is 0 Å². The third kappa shape index (κ3) is 99.4. The number of rotatable bonds is 0. The largest absolute Gasteiger partial charge is 0.397 e. The molecular weight excluding hydrogens is 412 g/mol. The summed E-state index contributed by atoms with van der Waals surface area (Å²) < 4.78 is 0. The molecule has 200 valence electrons. The first kappa shape index (κ1) is 48.9. The molecule has 0 bridgehead atoms. The zero-order valence-corrected chi connectivity index (χ0v) is 24.0. The monoisotopic (exact) mass is 474 g/mol. The van der Waals surface area contributed by atoms with E-state index in [9.17, 15) is 0 Å². The van der Waals surface area contributed by atoms with Gasteiger partial charge in [0.15, 0.2) is 0 Å². The van der Waals surface area contributed by atoms with E-state index < -0.39 is 0 Å². The first-order chi connectivity index (χ1) is 16.2. The standard InChI is InChI=1S/3C6H6.2C3H8.C2H6O.3C2H6.CH4/c3*1-2-4-6-5-3-1;2*1-3-2;1-2-3;3*1-2;/h3*1-6H;2*3H2,1-2H3;3H,2H2,1H3;3*1-2H3;1H4. The quantitative estimate of drug-likeness (QED) is 0.343. The van der Waals surface area contributed by atoms with E-state index in [0.29, 0.717) is 0 Å². The molecule has 3 rings (SSSR count). The Hall–Kier alpha value is -2.38. The van der Waals surface area contributed by atoms with Gasteiger partial charge in [0.05, 0.1) is 0 Å². The zero-order valence-electron chi connectivity index (χ0n) is 24.0. The summed E-state index contributed by atoms with van der Waals surface area (Å²) in [7, 11) is 0. The summed E-state index contributed by atoms with van der Waals surface area (Å²) in [4.78, 5) is 0. The number of aliphatic hydroxyl groups excluding tert-OH is 1. The predicted octanol–water partition coefficient (Wildman–Crippen LogP) is 11.6. The normalized spacial score (nSPS) is 6.35. The molecule has 0 spiro atoms. The highest BCUT2D eigenvalue weighted by Gasteiger charge is 1.59. The maximum Gasteiger partial charge on any atom is 0.0402 e. The van der Waals surface area contributed by atoms with Crippen molar-refractivity contribution in [3.63, 3.8) is 0 Å². The van der Waals surface area contributed by atoms with Gasteiger partial charge in [-0.1, -0.05) is 199 Å². The fourth-order valence-electron chi connectivity index (χ4n) is 1.15. The maximum atomic E-state index is 7.57. The Labute approximate surface area is 217 Å². The topological polar surface area (TPSA) is 20.2 Å². The van der Waals surface area contributed by atoms with Crippen LogP contribution < -0.4 is 0 Å². The van der Waals surface area contributed by atoms with Crippen molar-refractivity contribution < 1.29 is 5.11 Å². The molecule has 0 unspecified atom stereocenters. The summed E-state index contributed by atoms with van der Waals surface area (Å²) >= 11 is 0. The van der Waals surface area contributed by atoms with Gasteiger partial charge in [-0.05, 0) is 6.92 Å². The summed E-state index contributed by atoms with van der Waals surface area (Å²) in [5.74, 6) is 0. The van der Waals surface area contributed by atoms with E-state index in [1.165, 1.54) is 12.8 Å². The van der Waals surface area contributed by atoms with Crippen molar-refractivity contribution in [2.45, 2.75) is 96.4 Å².